The summed E-state index contributed by atoms with van der Waals surface area (Å²) < 4.78 is 37.8. The van der Waals surface area contributed by atoms with Crippen LogP contribution in [0, 0.1) is 0 Å². The Balaban J connectivity index is 2.33. The molecule has 9 heteroatoms. The monoisotopic (exact) mass is 384 g/mol. The Bertz CT molecular complexity index is 899. The second kappa shape index (κ2) is 7.62. The summed E-state index contributed by atoms with van der Waals surface area (Å²) in [5.74, 6) is 0.532. The number of hydrogen-bond acceptors (Lipinski definition) is 5. The maximum absolute atomic E-state index is 12.6. The first-order chi connectivity index (χ1) is 11.8. The van der Waals surface area contributed by atoms with E-state index in [2.05, 4.69) is 10.0 Å². The molecule has 7 nitrogen and oxygen atoms in total. The average Bonchev–Trinajstić information content (AvgIpc) is 2.56. The molecule has 0 saturated heterocycles. The number of sulfonamides is 1. The molecular formula is C16H17ClN2O5S. The zero-order chi connectivity index (χ0) is 18.6. The van der Waals surface area contributed by atoms with Crippen LogP contribution in [0.5, 0.6) is 11.5 Å². The average molecular weight is 385 g/mol. The molecule has 0 unspecified atom stereocenters. The van der Waals surface area contributed by atoms with E-state index in [9.17, 15) is 13.2 Å². The van der Waals surface area contributed by atoms with E-state index in [4.69, 9.17) is 21.1 Å². The van der Waals surface area contributed by atoms with Crippen LogP contribution in [0.1, 0.15) is 6.92 Å². The predicted octanol–water partition coefficient (Wildman–Crippen LogP) is 3.12. The minimum Gasteiger partial charge on any atom is -0.497 e. The number of hydrogen-bond donors (Lipinski definition) is 2. The second-order valence-corrected chi connectivity index (χ2v) is 7.08. The normalized spacial score (nSPS) is 10.9. The standard InChI is InChI=1S/C16H17ClN2O5S/c1-10(20)18-14-7-5-12(9-13(14)17)25(21,22)19-15-6-4-11(23-2)8-16(15)24-3/h4-9,19H,1-3H3,(H,18,20). The number of methoxy groups -OCH3 is 2. The Kier molecular flexibility index (Phi) is 5.76. The van der Waals surface area contributed by atoms with Crippen molar-refractivity contribution in [3.05, 3.63) is 41.4 Å². The highest BCUT2D eigenvalue weighted by atomic mass is 35.5. The van der Waals surface area contributed by atoms with Gasteiger partial charge >= 0.3 is 0 Å². The van der Waals surface area contributed by atoms with E-state index >= 15 is 0 Å². The first-order valence-electron chi connectivity index (χ1n) is 7.09. The summed E-state index contributed by atoms with van der Waals surface area (Å²) in [6.45, 7) is 1.33. The molecule has 0 aliphatic rings. The lowest BCUT2D eigenvalue weighted by molar-refractivity contribution is -0.114. The molecule has 0 fully saturated rings. The zero-order valence-corrected chi connectivity index (χ0v) is 15.4. The van der Waals surface area contributed by atoms with E-state index in [0.29, 0.717) is 17.2 Å². The Labute approximate surface area is 151 Å². The number of ether oxygens (including phenoxy) is 2. The number of carbonyl (C=O) groups is 1. The number of nitrogens with one attached hydrogen (secondary N) is 2. The van der Waals surface area contributed by atoms with Gasteiger partial charge in [0, 0.05) is 13.0 Å². The number of amides is 1. The first-order valence-corrected chi connectivity index (χ1v) is 8.95. The van der Waals surface area contributed by atoms with E-state index in [1.54, 1.807) is 12.1 Å². The van der Waals surface area contributed by atoms with Crippen molar-refractivity contribution < 1.29 is 22.7 Å². The van der Waals surface area contributed by atoms with Crippen LogP contribution in [-0.2, 0) is 14.8 Å². The summed E-state index contributed by atoms with van der Waals surface area (Å²) >= 11 is 6.03. The predicted molar refractivity (Wildman–Crippen MR) is 96.1 cm³/mol. The van der Waals surface area contributed by atoms with Crippen molar-refractivity contribution in [2.45, 2.75) is 11.8 Å². The maximum Gasteiger partial charge on any atom is 0.262 e. The molecule has 0 heterocycles. The van der Waals surface area contributed by atoms with Crippen molar-refractivity contribution in [1.29, 1.82) is 0 Å². The van der Waals surface area contributed by atoms with E-state index < -0.39 is 10.0 Å². The number of carbonyl (C=O) groups excluding carboxylic acids is 1. The van der Waals surface area contributed by atoms with Gasteiger partial charge in [0.1, 0.15) is 11.5 Å². The van der Waals surface area contributed by atoms with Gasteiger partial charge in [-0.25, -0.2) is 8.42 Å². The molecule has 0 aliphatic heterocycles. The molecule has 25 heavy (non-hydrogen) atoms. The summed E-state index contributed by atoms with van der Waals surface area (Å²) in [6, 6.07) is 8.71. The Morgan fingerprint density at radius 1 is 1.04 bits per heavy atom. The van der Waals surface area contributed by atoms with Crippen molar-refractivity contribution in [1.82, 2.24) is 0 Å². The molecule has 2 rings (SSSR count). The lowest BCUT2D eigenvalue weighted by Gasteiger charge is -2.14. The molecule has 0 aliphatic carbocycles. The quantitative estimate of drug-likeness (QED) is 0.798. The van der Waals surface area contributed by atoms with Crippen LogP contribution >= 0.6 is 11.6 Å². The summed E-state index contributed by atoms with van der Waals surface area (Å²) in [5, 5.41) is 2.62. The van der Waals surface area contributed by atoms with Crippen molar-refractivity contribution in [2.75, 3.05) is 24.3 Å². The van der Waals surface area contributed by atoms with Crippen LogP contribution < -0.4 is 19.5 Å². The van der Waals surface area contributed by atoms with Crippen LogP contribution in [0.2, 0.25) is 5.02 Å². The molecule has 0 radical (unpaired) electrons. The molecule has 1 amide bonds. The third-order valence-electron chi connectivity index (χ3n) is 3.21. The third kappa shape index (κ3) is 4.55. The molecular weight excluding hydrogens is 368 g/mol. The van der Waals surface area contributed by atoms with E-state index in [-0.39, 0.29) is 21.5 Å². The van der Waals surface area contributed by atoms with Gasteiger partial charge in [-0.15, -0.1) is 0 Å². The topological polar surface area (TPSA) is 93.7 Å². The highest BCUT2D eigenvalue weighted by Gasteiger charge is 2.18. The van der Waals surface area contributed by atoms with Crippen molar-refractivity contribution in [3.63, 3.8) is 0 Å². The SMILES string of the molecule is COc1ccc(NS(=O)(=O)c2ccc(NC(C)=O)c(Cl)c2)c(OC)c1. The molecule has 0 spiro atoms. The summed E-state index contributed by atoms with van der Waals surface area (Å²) in [5.41, 5.74) is 0.584. The molecule has 0 atom stereocenters. The van der Waals surface area contributed by atoms with Crippen LogP contribution in [0.25, 0.3) is 0 Å². The van der Waals surface area contributed by atoms with E-state index in [1.807, 2.05) is 0 Å². The van der Waals surface area contributed by atoms with Gasteiger partial charge in [-0.05, 0) is 30.3 Å². The van der Waals surface area contributed by atoms with Crippen molar-refractivity contribution in [3.8, 4) is 11.5 Å². The molecule has 2 aromatic carbocycles. The molecule has 134 valence electrons. The number of halogens is 1. The van der Waals surface area contributed by atoms with Crippen LogP contribution in [0.15, 0.2) is 41.3 Å². The van der Waals surface area contributed by atoms with Gasteiger partial charge < -0.3 is 14.8 Å². The minimum atomic E-state index is -3.90. The lowest BCUT2D eigenvalue weighted by atomic mass is 10.3. The fraction of sp³-hybridized carbons (Fsp3) is 0.188. The van der Waals surface area contributed by atoms with Crippen molar-refractivity contribution in [2.24, 2.45) is 0 Å². The van der Waals surface area contributed by atoms with Crippen LogP contribution in [-0.4, -0.2) is 28.5 Å². The van der Waals surface area contributed by atoms with E-state index in [0.717, 1.165) is 0 Å². The molecule has 2 aromatic rings. The summed E-state index contributed by atoms with van der Waals surface area (Å²) in [4.78, 5) is 11.0. The van der Waals surface area contributed by atoms with Gasteiger partial charge in [-0.3, -0.25) is 9.52 Å². The van der Waals surface area contributed by atoms with Gasteiger partial charge in [0.2, 0.25) is 5.91 Å². The Morgan fingerprint density at radius 3 is 2.28 bits per heavy atom. The van der Waals surface area contributed by atoms with Gasteiger partial charge in [-0.2, -0.15) is 0 Å². The van der Waals surface area contributed by atoms with Crippen molar-refractivity contribution >= 4 is 38.9 Å². The molecule has 0 aromatic heterocycles. The first kappa shape index (κ1) is 18.9. The fourth-order valence-electron chi connectivity index (χ4n) is 2.04. The zero-order valence-electron chi connectivity index (χ0n) is 13.8. The fourth-order valence-corrected chi connectivity index (χ4v) is 3.43. The number of rotatable bonds is 6. The highest BCUT2D eigenvalue weighted by molar-refractivity contribution is 7.92. The summed E-state index contributed by atoms with van der Waals surface area (Å²) in [6.07, 6.45) is 0. The van der Waals surface area contributed by atoms with Crippen LogP contribution in [0.4, 0.5) is 11.4 Å². The van der Waals surface area contributed by atoms with Gasteiger partial charge in [-0.1, -0.05) is 11.6 Å². The third-order valence-corrected chi connectivity index (χ3v) is 4.89. The lowest BCUT2D eigenvalue weighted by Crippen LogP contribution is -2.14. The van der Waals surface area contributed by atoms with Gasteiger partial charge in [0.25, 0.3) is 10.0 Å². The second-order valence-electron chi connectivity index (χ2n) is 4.99. The highest BCUT2D eigenvalue weighted by Crippen LogP contribution is 2.32. The van der Waals surface area contributed by atoms with Crippen LogP contribution in [0.3, 0.4) is 0 Å². The Morgan fingerprint density at radius 2 is 1.72 bits per heavy atom. The Hall–Kier alpha value is -2.45. The van der Waals surface area contributed by atoms with Gasteiger partial charge in [0.15, 0.2) is 0 Å². The smallest absolute Gasteiger partial charge is 0.262 e. The minimum absolute atomic E-state index is 0.0514. The maximum atomic E-state index is 12.6. The number of anilines is 2. The molecule has 0 saturated carbocycles. The van der Waals surface area contributed by atoms with Gasteiger partial charge in [0.05, 0.1) is 35.5 Å². The number of benzene rings is 2. The van der Waals surface area contributed by atoms with E-state index in [1.165, 1.54) is 45.4 Å². The largest absolute Gasteiger partial charge is 0.497 e. The molecule has 2 N–H and O–H groups in total. The summed E-state index contributed by atoms with van der Waals surface area (Å²) in [7, 11) is -0.982. The molecule has 0 bridgehead atoms.